The Hall–Kier alpha value is -2.89. The van der Waals surface area contributed by atoms with Crippen LogP contribution in [0, 0.1) is 11.6 Å². The van der Waals surface area contributed by atoms with E-state index >= 15 is 0 Å². The first-order valence-electron chi connectivity index (χ1n) is 6.82. The Morgan fingerprint density at radius 1 is 1.09 bits per heavy atom. The minimum absolute atomic E-state index is 0.0568. The van der Waals surface area contributed by atoms with Crippen LogP contribution in [0.1, 0.15) is 5.89 Å². The summed E-state index contributed by atoms with van der Waals surface area (Å²) in [6, 6.07) is 10.4. The number of ether oxygens (including phenoxy) is 2. The van der Waals surface area contributed by atoms with Gasteiger partial charge in [-0.3, -0.25) is 0 Å². The lowest BCUT2D eigenvalue weighted by Crippen LogP contribution is -1.98. The van der Waals surface area contributed by atoms with Crippen molar-refractivity contribution in [1.82, 2.24) is 4.98 Å². The first kappa shape index (κ1) is 15.0. The van der Waals surface area contributed by atoms with E-state index in [2.05, 4.69) is 4.98 Å². The van der Waals surface area contributed by atoms with Gasteiger partial charge in [0.15, 0.2) is 18.2 Å². The van der Waals surface area contributed by atoms with Crippen molar-refractivity contribution < 1.29 is 22.7 Å². The van der Waals surface area contributed by atoms with Crippen molar-refractivity contribution in [2.45, 2.75) is 6.61 Å². The molecule has 1 aromatic heterocycles. The molecule has 0 N–H and O–H groups in total. The molecule has 0 saturated carbocycles. The van der Waals surface area contributed by atoms with E-state index in [1.807, 2.05) is 24.3 Å². The molecule has 0 spiro atoms. The lowest BCUT2D eigenvalue weighted by Gasteiger charge is -2.04. The summed E-state index contributed by atoms with van der Waals surface area (Å²) in [6.07, 6.45) is 1.49. The molecule has 3 aromatic rings. The minimum atomic E-state index is -0.771. The van der Waals surface area contributed by atoms with Crippen LogP contribution in [0.3, 0.4) is 0 Å². The fourth-order valence-corrected chi connectivity index (χ4v) is 2.00. The first-order valence-corrected chi connectivity index (χ1v) is 6.82. The molecule has 0 saturated heterocycles. The van der Waals surface area contributed by atoms with E-state index in [9.17, 15) is 8.78 Å². The van der Waals surface area contributed by atoms with E-state index in [-0.39, 0.29) is 12.4 Å². The fraction of sp³-hybridized carbons (Fsp3) is 0.118. The van der Waals surface area contributed by atoms with Gasteiger partial charge >= 0.3 is 0 Å². The maximum absolute atomic E-state index is 13.5. The standard InChI is InChI=1S/C17H13F2NO3/c1-21-13-5-2-11(3-6-13)15-9-23-17(20-15)10-22-16-7-4-12(18)8-14(16)19/h2-9H,10H2,1H3. The van der Waals surface area contributed by atoms with Gasteiger partial charge in [-0.25, -0.2) is 13.8 Å². The molecule has 0 aliphatic heterocycles. The van der Waals surface area contributed by atoms with Crippen molar-refractivity contribution in [3.8, 4) is 22.8 Å². The number of nitrogens with zero attached hydrogens (tertiary/aromatic N) is 1. The molecule has 0 radical (unpaired) electrons. The summed E-state index contributed by atoms with van der Waals surface area (Å²) < 4.78 is 41.9. The van der Waals surface area contributed by atoms with Crippen LogP contribution in [-0.2, 0) is 6.61 Å². The van der Waals surface area contributed by atoms with Gasteiger partial charge in [-0.15, -0.1) is 0 Å². The first-order chi connectivity index (χ1) is 11.2. The Kier molecular flexibility index (Phi) is 4.23. The van der Waals surface area contributed by atoms with E-state index in [1.54, 1.807) is 7.11 Å². The van der Waals surface area contributed by atoms with E-state index in [1.165, 1.54) is 12.3 Å². The van der Waals surface area contributed by atoms with Gasteiger partial charge in [0, 0.05) is 11.6 Å². The fourth-order valence-electron chi connectivity index (χ4n) is 2.00. The third-order valence-corrected chi connectivity index (χ3v) is 3.18. The number of hydrogen-bond acceptors (Lipinski definition) is 4. The van der Waals surface area contributed by atoms with Crippen LogP contribution in [-0.4, -0.2) is 12.1 Å². The summed E-state index contributed by atoms with van der Waals surface area (Å²) in [5, 5.41) is 0. The number of methoxy groups -OCH3 is 1. The molecule has 0 aliphatic carbocycles. The van der Waals surface area contributed by atoms with Crippen molar-refractivity contribution in [2.75, 3.05) is 7.11 Å². The molecule has 0 unspecified atom stereocenters. The van der Waals surface area contributed by atoms with Crippen LogP contribution in [0.4, 0.5) is 8.78 Å². The minimum Gasteiger partial charge on any atom is -0.497 e. The van der Waals surface area contributed by atoms with Gasteiger partial charge in [0.2, 0.25) is 5.89 Å². The predicted octanol–water partition coefficient (Wildman–Crippen LogP) is 4.21. The molecule has 118 valence electrons. The summed E-state index contributed by atoms with van der Waals surface area (Å²) in [7, 11) is 1.59. The van der Waals surface area contributed by atoms with Crippen LogP contribution >= 0.6 is 0 Å². The molecule has 6 heteroatoms. The number of oxazole rings is 1. The van der Waals surface area contributed by atoms with Crippen LogP contribution in [0.15, 0.2) is 53.1 Å². The normalized spacial score (nSPS) is 10.6. The number of halogens is 2. The summed E-state index contributed by atoms with van der Waals surface area (Å²) in [5.41, 5.74) is 1.49. The summed E-state index contributed by atoms with van der Waals surface area (Å²) in [6.45, 7) is -0.0568. The third kappa shape index (κ3) is 3.48. The Labute approximate surface area is 131 Å². The van der Waals surface area contributed by atoms with Gasteiger partial charge in [-0.2, -0.15) is 0 Å². The smallest absolute Gasteiger partial charge is 0.232 e. The van der Waals surface area contributed by atoms with Gasteiger partial charge in [-0.1, -0.05) is 0 Å². The highest BCUT2D eigenvalue weighted by molar-refractivity contribution is 5.58. The van der Waals surface area contributed by atoms with Crippen LogP contribution < -0.4 is 9.47 Å². The molecule has 1 heterocycles. The lowest BCUT2D eigenvalue weighted by atomic mass is 10.2. The molecule has 0 bridgehead atoms. The van der Waals surface area contributed by atoms with E-state index in [4.69, 9.17) is 13.9 Å². The predicted molar refractivity (Wildman–Crippen MR) is 79.2 cm³/mol. The molecule has 2 aromatic carbocycles. The van der Waals surface area contributed by atoms with E-state index < -0.39 is 11.6 Å². The van der Waals surface area contributed by atoms with Gasteiger partial charge in [0.25, 0.3) is 0 Å². The third-order valence-electron chi connectivity index (χ3n) is 3.18. The van der Waals surface area contributed by atoms with Gasteiger partial charge in [0.1, 0.15) is 23.5 Å². The lowest BCUT2D eigenvalue weighted by molar-refractivity contribution is 0.251. The van der Waals surface area contributed by atoms with Crippen molar-refractivity contribution in [3.05, 3.63) is 66.3 Å². The summed E-state index contributed by atoms with van der Waals surface area (Å²) >= 11 is 0. The molecule has 23 heavy (non-hydrogen) atoms. The molecular weight excluding hydrogens is 304 g/mol. The summed E-state index contributed by atoms with van der Waals surface area (Å²) in [4.78, 5) is 4.27. The SMILES string of the molecule is COc1ccc(-c2coc(COc3ccc(F)cc3F)n2)cc1. The number of aromatic nitrogens is 1. The van der Waals surface area contributed by atoms with Crippen molar-refractivity contribution >= 4 is 0 Å². The largest absolute Gasteiger partial charge is 0.497 e. The second kappa shape index (κ2) is 6.48. The van der Waals surface area contributed by atoms with E-state index in [0.717, 1.165) is 23.4 Å². The second-order valence-corrected chi connectivity index (χ2v) is 4.72. The zero-order valence-corrected chi connectivity index (χ0v) is 12.3. The Morgan fingerprint density at radius 3 is 2.57 bits per heavy atom. The average Bonchev–Trinajstić information content (AvgIpc) is 3.03. The summed E-state index contributed by atoms with van der Waals surface area (Å²) in [5.74, 6) is -0.456. The van der Waals surface area contributed by atoms with Gasteiger partial charge < -0.3 is 13.9 Å². The van der Waals surface area contributed by atoms with Crippen LogP contribution in [0.5, 0.6) is 11.5 Å². The molecule has 3 rings (SSSR count). The monoisotopic (exact) mass is 317 g/mol. The van der Waals surface area contributed by atoms with Crippen molar-refractivity contribution in [2.24, 2.45) is 0 Å². The molecule has 0 amide bonds. The van der Waals surface area contributed by atoms with Gasteiger partial charge in [-0.05, 0) is 36.4 Å². The van der Waals surface area contributed by atoms with E-state index in [0.29, 0.717) is 11.6 Å². The quantitative estimate of drug-likeness (QED) is 0.707. The highest BCUT2D eigenvalue weighted by atomic mass is 19.1. The Balaban J connectivity index is 1.69. The van der Waals surface area contributed by atoms with Gasteiger partial charge in [0.05, 0.1) is 7.11 Å². The second-order valence-electron chi connectivity index (χ2n) is 4.72. The molecule has 0 atom stereocenters. The number of benzene rings is 2. The zero-order valence-electron chi connectivity index (χ0n) is 12.3. The molecular formula is C17H13F2NO3. The number of hydrogen-bond donors (Lipinski definition) is 0. The highest BCUT2D eigenvalue weighted by Gasteiger charge is 2.10. The molecule has 4 nitrogen and oxygen atoms in total. The van der Waals surface area contributed by atoms with Crippen molar-refractivity contribution in [1.29, 1.82) is 0 Å². The Bertz CT molecular complexity index is 800. The average molecular weight is 317 g/mol. The molecule has 0 aliphatic rings. The van der Waals surface area contributed by atoms with Crippen LogP contribution in [0.25, 0.3) is 11.3 Å². The highest BCUT2D eigenvalue weighted by Crippen LogP contribution is 2.23. The van der Waals surface area contributed by atoms with Crippen molar-refractivity contribution in [3.63, 3.8) is 0 Å². The maximum Gasteiger partial charge on any atom is 0.232 e. The van der Waals surface area contributed by atoms with Crippen LogP contribution in [0.2, 0.25) is 0 Å². The Morgan fingerprint density at radius 2 is 1.87 bits per heavy atom. The number of rotatable bonds is 5. The maximum atomic E-state index is 13.5. The topological polar surface area (TPSA) is 44.5 Å². The molecule has 0 fully saturated rings. The zero-order chi connectivity index (χ0) is 16.2.